The van der Waals surface area contributed by atoms with Crippen LogP contribution in [0.4, 0.5) is 0 Å². The van der Waals surface area contributed by atoms with Crippen molar-refractivity contribution in [1.82, 2.24) is 9.71 Å². The van der Waals surface area contributed by atoms with Crippen LogP contribution in [-0.4, -0.2) is 31.7 Å². The summed E-state index contributed by atoms with van der Waals surface area (Å²) in [4.78, 5) is 4.11. The molecule has 0 radical (unpaired) electrons. The van der Waals surface area contributed by atoms with Crippen molar-refractivity contribution in [3.05, 3.63) is 30.1 Å². The molecule has 2 rings (SSSR count). The van der Waals surface area contributed by atoms with Gasteiger partial charge < -0.3 is 5.73 Å². The molecule has 0 aliphatic heterocycles. The SMILES string of the molecule is NCC(NS(=O)(=O)CCc1ccccn1)C1CC1. The second kappa shape index (κ2) is 5.77. The van der Waals surface area contributed by atoms with Crippen LogP contribution in [0.1, 0.15) is 18.5 Å². The summed E-state index contributed by atoms with van der Waals surface area (Å²) < 4.78 is 26.5. The minimum absolute atomic E-state index is 0.0627. The molecule has 100 valence electrons. The van der Waals surface area contributed by atoms with E-state index in [2.05, 4.69) is 9.71 Å². The van der Waals surface area contributed by atoms with Gasteiger partial charge in [-0.2, -0.15) is 0 Å². The number of nitrogens with two attached hydrogens (primary N) is 1. The van der Waals surface area contributed by atoms with Gasteiger partial charge in [0.25, 0.3) is 0 Å². The number of aromatic nitrogens is 1. The molecule has 0 aromatic carbocycles. The van der Waals surface area contributed by atoms with Gasteiger partial charge in [-0.3, -0.25) is 4.98 Å². The summed E-state index contributed by atoms with van der Waals surface area (Å²) in [5.41, 5.74) is 6.38. The summed E-state index contributed by atoms with van der Waals surface area (Å²) in [5.74, 6) is 0.493. The normalized spacial score (nSPS) is 17.6. The van der Waals surface area contributed by atoms with Crippen LogP contribution in [0.2, 0.25) is 0 Å². The van der Waals surface area contributed by atoms with Crippen molar-refractivity contribution in [3.63, 3.8) is 0 Å². The maximum absolute atomic E-state index is 11.9. The Kier molecular flexibility index (Phi) is 4.31. The van der Waals surface area contributed by atoms with Gasteiger partial charge >= 0.3 is 0 Å². The first kappa shape index (κ1) is 13.5. The fourth-order valence-electron chi connectivity index (χ4n) is 1.91. The lowest BCUT2D eigenvalue weighted by Crippen LogP contribution is -2.43. The molecule has 0 bridgehead atoms. The Bertz CT molecular complexity index is 471. The number of aryl methyl sites for hydroxylation is 1. The molecule has 1 aliphatic carbocycles. The van der Waals surface area contributed by atoms with Crippen LogP contribution >= 0.6 is 0 Å². The topological polar surface area (TPSA) is 85.1 Å². The molecule has 1 saturated carbocycles. The summed E-state index contributed by atoms with van der Waals surface area (Å²) in [6.45, 7) is 0.369. The van der Waals surface area contributed by atoms with E-state index < -0.39 is 10.0 Å². The van der Waals surface area contributed by atoms with Crippen molar-refractivity contribution >= 4 is 10.0 Å². The number of nitrogens with zero attached hydrogens (tertiary/aromatic N) is 1. The Morgan fingerprint density at radius 2 is 2.22 bits per heavy atom. The highest BCUT2D eigenvalue weighted by molar-refractivity contribution is 7.89. The zero-order chi connectivity index (χ0) is 13.0. The predicted octanol–water partition coefficient (Wildman–Crippen LogP) is 0.281. The van der Waals surface area contributed by atoms with Crippen molar-refractivity contribution in [1.29, 1.82) is 0 Å². The fourth-order valence-corrected chi connectivity index (χ4v) is 3.26. The van der Waals surface area contributed by atoms with Gasteiger partial charge in [0.2, 0.25) is 10.0 Å². The van der Waals surface area contributed by atoms with Crippen LogP contribution in [0.3, 0.4) is 0 Å². The van der Waals surface area contributed by atoms with Crippen LogP contribution in [0.15, 0.2) is 24.4 Å². The van der Waals surface area contributed by atoms with Crippen molar-refractivity contribution in [2.45, 2.75) is 25.3 Å². The van der Waals surface area contributed by atoms with E-state index in [1.807, 2.05) is 18.2 Å². The third-order valence-corrected chi connectivity index (χ3v) is 4.53. The smallest absolute Gasteiger partial charge is 0.212 e. The molecular formula is C12H19N3O2S. The van der Waals surface area contributed by atoms with Gasteiger partial charge in [-0.05, 0) is 30.9 Å². The summed E-state index contributed by atoms with van der Waals surface area (Å²) in [7, 11) is -3.27. The van der Waals surface area contributed by atoms with E-state index in [0.717, 1.165) is 18.5 Å². The Hall–Kier alpha value is -0.980. The van der Waals surface area contributed by atoms with Crippen molar-refractivity contribution < 1.29 is 8.42 Å². The van der Waals surface area contributed by atoms with Crippen LogP contribution in [0.25, 0.3) is 0 Å². The fraction of sp³-hybridized carbons (Fsp3) is 0.583. The quantitative estimate of drug-likeness (QED) is 0.744. The second-order valence-corrected chi connectivity index (χ2v) is 6.56. The van der Waals surface area contributed by atoms with Gasteiger partial charge in [0.1, 0.15) is 0 Å². The van der Waals surface area contributed by atoms with Crippen molar-refractivity contribution in [2.24, 2.45) is 11.7 Å². The molecule has 1 heterocycles. The first-order valence-corrected chi connectivity index (χ1v) is 7.86. The lowest BCUT2D eigenvalue weighted by Gasteiger charge is -2.15. The molecule has 5 nitrogen and oxygen atoms in total. The Morgan fingerprint density at radius 1 is 1.44 bits per heavy atom. The van der Waals surface area contributed by atoms with Gasteiger partial charge in [0, 0.05) is 30.9 Å². The Balaban J connectivity index is 1.87. The van der Waals surface area contributed by atoms with E-state index in [9.17, 15) is 8.42 Å². The molecular weight excluding hydrogens is 250 g/mol. The summed E-state index contributed by atoms with van der Waals surface area (Å²) in [6.07, 6.45) is 4.25. The molecule has 1 fully saturated rings. The van der Waals surface area contributed by atoms with Crippen LogP contribution < -0.4 is 10.5 Å². The molecule has 6 heteroatoms. The monoisotopic (exact) mass is 269 g/mol. The largest absolute Gasteiger partial charge is 0.329 e. The van der Waals surface area contributed by atoms with E-state index in [-0.39, 0.29) is 11.8 Å². The van der Waals surface area contributed by atoms with Crippen molar-refractivity contribution in [3.8, 4) is 0 Å². The van der Waals surface area contributed by atoms with Crippen molar-refractivity contribution in [2.75, 3.05) is 12.3 Å². The minimum Gasteiger partial charge on any atom is -0.329 e. The Morgan fingerprint density at radius 3 is 2.78 bits per heavy atom. The van der Waals surface area contributed by atoms with Gasteiger partial charge in [0.15, 0.2) is 0 Å². The average molecular weight is 269 g/mol. The molecule has 1 aromatic rings. The summed E-state index contributed by atoms with van der Waals surface area (Å²) >= 11 is 0. The molecule has 1 aliphatic rings. The van der Waals surface area contributed by atoms with Crippen LogP contribution in [0.5, 0.6) is 0 Å². The van der Waals surface area contributed by atoms with Gasteiger partial charge in [-0.25, -0.2) is 13.1 Å². The Labute approximate surface area is 108 Å². The lowest BCUT2D eigenvalue weighted by molar-refractivity contribution is 0.518. The number of sulfonamides is 1. The van der Waals surface area contributed by atoms with E-state index in [1.54, 1.807) is 6.20 Å². The highest BCUT2D eigenvalue weighted by Crippen LogP contribution is 2.32. The molecule has 0 saturated heterocycles. The molecule has 1 unspecified atom stereocenters. The number of nitrogens with one attached hydrogen (secondary N) is 1. The van der Waals surface area contributed by atoms with E-state index in [1.165, 1.54) is 0 Å². The molecule has 1 atom stereocenters. The number of hydrogen-bond acceptors (Lipinski definition) is 4. The number of pyridine rings is 1. The number of hydrogen-bond donors (Lipinski definition) is 2. The molecule has 0 amide bonds. The van der Waals surface area contributed by atoms with Crippen LogP contribution in [0, 0.1) is 5.92 Å². The van der Waals surface area contributed by atoms with E-state index in [4.69, 9.17) is 5.73 Å². The highest BCUT2D eigenvalue weighted by atomic mass is 32.2. The summed E-state index contributed by atoms with van der Waals surface area (Å²) in [5, 5.41) is 0. The third kappa shape index (κ3) is 4.04. The first-order valence-electron chi connectivity index (χ1n) is 6.21. The zero-order valence-electron chi connectivity index (χ0n) is 10.2. The zero-order valence-corrected chi connectivity index (χ0v) is 11.1. The molecule has 3 N–H and O–H groups in total. The summed E-state index contributed by atoms with van der Waals surface area (Å²) in [6, 6.07) is 5.40. The maximum Gasteiger partial charge on any atom is 0.212 e. The van der Waals surface area contributed by atoms with Crippen LogP contribution in [-0.2, 0) is 16.4 Å². The molecule has 0 spiro atoms. The second-order valence-electron chi connectivity index (χ2n) is 4.69. The lowest BCUT2D eigenvalue weighted by atomic mass is 10.2. The minimum atomic E-state index is -3.27. The average Bonchev–Trinajstić information content (AvgIpc) is 3.19. The third-order valence-electron chi connectivity index (χ3n) is 3.13. The van der Waals surface area contributed by atoms with Gasteiger partial charge in [0.05, 0.1) is 5.75 Å². The maximum atomic E-state index is 11.9. The molecule has 18 heavy (non-hydrogen) atoms. The van der Waals surface area contributed by atoms with E-state index >= 15 is 0 Å². The standard InChI is InChI=1S/C12H19N3O2S/c13-9-12(10-4-5-10)15-18(16,17)8-6-11-3-1-2-7-14-11/h1-3,7,10,12,15H,4-6,8-9,13H2. The van der Waals surface area contributed by atoms with Gasteiger partial charge in [-0.1, -0.05) is 6.07 Å². The van der Waals surface area contributed by atoms with Gasteiger partial charge in [-0.15, -0.1) is 0 Å². The van der Waals surface area contributed by atoms with E-state index in [0.29, 0.717) is 18.9 Å². The highest BCUT2D eigenvalue weighted by Gasteiger charge is 2.32. The molecule has 1 aromatic heterocycles. The predicted molar refractivity (Wildman–Crippen MR) is 70.4 cm³/mol. The number of rotatable bonds is 7. The first-order chi connectivity index (χ1) is 8.61.